The first-order valence-electron chi connectivity index (χ1n) is 5.95. The zero-order valence-electron chi connectivity index (χ0n) is 9.92. The third-order valence-electron chi connectivity index (χ3n) is 3.19. The fraction of sp³-hybridized carbons (Fsp3) is 0.583. The van der Waals surface area contributed by atoms with E-state index >= 15 is 0 Å². The minimum Gasteiger partial charge on any atom is -0.315 e. The van der Waals surface area contributed by atoms with Crippen molar-refractivity contribution in [1.82, 2.24) is 15.2 Å². The van der Waals surface area contributed by atoms with Crippen LogP contribution in [0.15, 0.2) is 21.2 Å². The van der Waals surface area contributed by atoms with Crippen molar-refractivity contribution in [2.45, 2.75) is 25.9 Å². The van der Waals surface area contributed by atoms with Gasteiger partial charge >= 0.3 is 0 Å². The molecular formula is C12H17Br2N3. The van der Waals surface area contributed by atoms with Gasteiger partial charge in [0, 0.05) is 34.3 Å². The van der Waals surface area contributed by atoms with Crippen LogP contribution in [-0.4, -0.2) is 35.6 Å². The molecule has 5 heteroatoms. The molecule has 17 heavy (non-hydrogen) atoms. The summed E-state index contributed by atoms with van der Waals surface area (Å²) in [7, 11) is 0. The predicted octanol–water partition coefficient (Wildman–Crippen LogP) is 2.79. The van der Waals surface area contributed by atoms with Crippen LogP contribution in [0.25, 0.3) is 0 Å². The van der Waals surface area contributed by atoms with Gasteiger partial charge in [0.1, 0.15) is 0 Å². The summed E-state index contributed by atoms with van der Waals surface area (Å²) < 4.78 is 2.09. The number of nitrogens with zero attached hydrogens (tertiary/aromatic N) is 2. The first-order chi connectivity index (χ1) is 8.20. The zero-order valence-corrected chi connectivity index (χ0v) is 13.1. The molecule has 94 valence electrons. The lowest BCUT2D eigenvalue weighted by molar-refractivity contribution is 0.207. The number of hydrogen-bond acceptors (Lipinski definition) is 3. The third kappa shape index (κ3) is 3.50. The van der Waals surface area contributed by atoms with Gasteiger partial charge in [0.05, 0.1) is 5.69 Å². The minimum absolute atomic E-state index is 0.650. The smallest absolute Gasteiger partial charge is 0.0686 e. The molecule has 0 saturated carbocycles. The van der Waals surface area contributed by atoms with Crippen molar-refractivity contribution in [1.29, 1.82) is 0 Å². The Morgan fingerprint density at radius 2 is 2.35 bits per heavy atom. The van der Waals surface area contributed by atoms with Crippen LogP contribution < -0.4 is 5.32 Å². The van der Waals surface area contributed by atoms with Crippen molar-refractivity contribution in [2.24, 2.45) is 0 Å². The van der Waals surface area contributed by atoms with Gasteiger partial charge in [-0.2, -0.15) is 0 Å². The zero-order chi connectivity index (χ0) is 12.3. The highest BCUT2D eigenvalue weighted by atomic mass is 79.9. The number of pyridine rings is 1. The summed E-state index contributed by atoms with van der Waals surface area (Å²) in [5, 5.41) is 3.42. The second-order valence-corrected chi connectivity index (χ2v) is 6.06. The number of halogens is 2. The van der Waals surface area contributed by atoms with Gasteiger partial charge in [-0.1, -0.05) is 6.92 Å². The standard InChI is InChI=1S/C12H17Br2N3/c1-2-17(10-3-4-15-7-10)8-12-11(14)5-9(13)6-16-12/h5-6,10,15H,2-4,7-8H2,1H3. The highest BCUT2D eigenvalue weighted by Gasteiger charge is 2.21. The first-order valence-corrected chi connectivity index (χ1v) is 7.54. The van der Waals surface area contributed by atoms with Crippen LogP contribution in [-0.2, 0) is 6.54 Å². The maximum atomic E-state index is 4.48. The summed E-state index contributed by atoms with van der Waals surface area (Å²) >= 11 is 7.01. The second-order valence-electron chi connectivity index (χ2n) is 4.29. The lowest BCUT2D eigenvalue weighted by Gasteiger charge is -2.26. The van der Waals surface area contributed by atoms with E-state index in [1.54, 1.807) is 0 Å². The van der Waals surface area contributed by atoms with Gasteiger partial charge in [0.25, 0.3) is 0 Å². The van der Waals surface area contributed by atoms with E-state index in [0.717, 1.165) is 40.8 Å². The Balaban J connectivity index is 2.06. The number of likely N-dealkylation sites (N-methyl/N-ethyl adjacent to an activating group) is 1. The quantitative estimate of drug-likeness (QED) is 0.892. The number of hydrogen-bond donors (Lipinski definition) is 1. The molecule has 1 unspecified atom stereocenters. The van der Waals surface area contributed by atoms with E-state index in [2.05, 4.69) is 60.1 Å². The van der Waals surface area contributed by atoms with Crippen LogP contribution in [0.4, 0.5) is 0 Å². The normalized spacial score (nSPS) is 20.1. The molecule has 1 N–H and O–H groups in total. The lowest BCUT2D eigenvalue weighted by atomic mass is 10.2. The largest absolute Gasteiger partial charge is 0.315 e. The van der Waals surface area contributed by atoms with E-state index in [4.69, 9.17) is 0 Å². The van der Waals surface area contributed by atoms with E-state index in [1.807, 2.05) is 6.20 Å². The van der Waals surface area contributed by atoms with Crippen LogP contribution in [0.3, 0.4) is 0 Å². The summed E-state index contributed by atoms with van der Waals surface area (Å²) in [5.74, 6) is 0. The highest BCUT2D eigenvalue weighted by Crippen LogP contribution is 2.22. The Kier molecular flexibility index (Phi) is 4.97. The van der Waals surface area contributed by atoms with E-state index in [0.29, 0.717) is 6.04 Å². The molecule has 1 fully saturated rings. The Hall–Kier alpha value is 0.0300. The van der Waals surface area contributed by atoms with Crippen LogP contribution in [0, 0.1) is 0 Å². The van der Waals surface area contributed by atoms with Crippen molar-refractivity contribution in [3.63, 3.8) is 0 Å². The summed E-state index contributed by atoms with van der Waals surface area (Å²) in [6.07, 6.45) is 3.10. The van der Waals surface area contributed by atoms with Crippen molar-refractivity contribution >= 4 is 31.9 Å². The van der Waals surface area contributed by atoms with Gasteiger partial charge in [-0.15, -0.1) is 0 Å². The average molecular weight is 363 g/mol. The maximum Gasteiger partial charge on any atom is 0.0686 e. The SMILES string of the molecule is CCN(Cc1ncc(Br)cc1Br)C1CCNC1. The fourth-order valence-corrected chi connectivity index (χ4v) is 3.31. The highest BCUT2D eigenvalue weighted by molar-refractivity contribution is 9.11. The van der Waals surface area contributed by atoms with Gasteiger partial charge < -0.3 is 5.32 Å². The molecule has 0 aliphatic carbocycles. The molecule has 1 aromatic rings. The second kappa shape index (κ2) is 6.27. The van der Waals surface area contributed by atoms with Crippen molar-refractivity contribution in [2.75, 3.05) is 19.6 Å². The number of rotatable bonds is 4. The third-order valence-corrected chi connectivity index (χ3v) is 4.31. The van der Waals surface area contributed by atoms with Gasteiger partial charge in [-0.05, 0) is 57.4 Å². The molecule has 0 amide bonds. The Morgan fingerprint density at radius 3 is 2.94 bits per heavy atom. The molecule has 2 heterocycles. The van der Waals surface area contributed by atoms with Crippen LogP contribution in [0.5, 0.6) is 0 Å². The van der Waals surface area contributed by atoms with E-state index in [9.17, 15) is 0 Å². The van der Waals surface area contributed by atoms with Gasteiger partial charge in [-0.25, -0.2) is 0 Å². The van der Waals surface area contributed by atoms with Gasteiger partial charge in [0.15, 0.2) is 0 Å². The molecule has 1 aromatic heterocycles. The molecule has 1 saturated heterocycles. The fourth-order valence-electron chi connectivity index (χ4n) is 2.20. The summed E-state index contributed by atoms with van der Waals surface area (Å²) in [5.41, 5.74) is 1.11. The Morgan fingerprint density at radius 1 is 1.53 bits per heavy atom. The molecule has 2 rings (SSSR count). The van der Waals surface area contributed by atoms with Crippen LogP contribution in [0.1, 0.15) is 19.0 Å². The van der Waals surface area contributed by atoms with E-state index in [-0.39, 0.29) is 0 Å². The van der Waals surface area contributed by atoms with Crippen molar-refractivity contribution < 1.29 is 0 Å². The Bertz CT molecular complexity index is 378. The molecule has 3 nitrogen and oxygen atoms in total. The topological polar surface area (TPSA) is 28.2 Å². The van der Waals surface area contributed by atoms with E-state index in [1.165, 1.54) is 6.42 Å². The molecule has 0 spiro atoms. The molecule has 1 aliphatic rings. The minimum atomic E-state index is 0.650. The first kappa shape index (κ1) is 13.5. The van der Waals surface area contributed by atoms with E-state index < -0.39 is 0 Å². The molecule has 0 bridgehead atoms. The molecule has 0 radical (unpaired) electrons. The van der Waals surface area contributed by atoms with Crippen molar-refractivity contribution in [3.05, 3.63) is 26.9 Å². The molecule has 1 atom stereocenters. The summed E-state index contributed by atoms with van der Waals surface area (Å²) in [4.78, 5) is 6.97. The summed E-state index contributed by atoms with van der Waals surface area (Å²) in [6, 6.07) is 2.71. The monoisotopic (exact) mass is 361 g/mol. The van der Waals surface area contributed by atoms with Crippen LogP contribution >= 0.6 is 31.9 Å². The van der Waals surface area contributed by atoms with Crippen LogP contribution in [0.2, 0.25) is 0 Å². The molecule has 1 aliphatic heterocycles. The van der Waals surface area contributed by atoms with Gasteiger partial charge in [-0.3, -0.25) is 9.88 Å². The number of aromatic nitrogens is 1. The summed E-state index contributed by atoms with van der Waals surface area (Å²) in [6.45, 7) is 6.43. The van der Waals surface area contributed by atoms with Crippen molar-refractivity contribution in [3.8, 4) is 0 Å². The predicted molar refractivity (Wildman–Crippen MR) is 77.0 cm³/mol. The Labute approximate surface area is 119 Å². The van der Waals surface area contributed by atoms with Gasteiger partial charge in [0.2, 0.25) is 0 Å². The number of nitrogens with one attached hydrogen (secondary N) is 1. The average Bonchev–Trinajstić information content (AvgIpc) is 2.81. The molecular weight excluding hydrogens is 346 g/mol. The lowest BCUT2D eigenvalue weighted by Crippen LogP contribution is -2.36. The molecule has 0 aromatic carbocycles. The maximum absolute atomic E-state index is 4.48.